The minimum absolute atomic E-state index is 0.297. The molecule has 0 bridgehead atoms. The molecule has 1 unspecified atom stereocenters. The molecular formula is C16H12FN3OS. The van der Waals surface area contributed by atoms with Crippen LogP contribution in [0.3, 0.4) is 0 Å². The number of fused-ring (bicyclic) bond motifs is 1. The molecule has 0 saturated carbocycles. The lowest BCUT2D eigenvalue weighted by molar-refractivity contribution is 0.578. The SMILES string of the molecule is Cn1c([S+]([O-])Cc2ccc(C#N)cc2)nc2ccc(F)cc21. The molecule has 2 aromatic carbocycles. The number of aryl methyl sites for hydroxylation is 1. The fraction of sp³-hybridized carbons (Fsp3) is 0.125. The van der Waals surface area contributed by atoms with Crippen LogP contribution in [0.5, 0.6) is 0 Å². The Morgan fingerprint density at radius 1 is 1.27 bits per heavy atom. The summed E-state index contributed by atoms with van der Waals surface area (Å²) in [6.45, 7) is 0. The second kappa shape index (κ2) is 5.79. The first-order valence-corrected chi connectivity index (χ1v) is 7.90. The summed E-state index contributed by atoms with van der Waals surface area (Å²) in [6, 6.07) is 13.3. The van der Waals surface area contributed by atoms with Crippen LogP contribution in [0.25, 0.3) is 11.0 Å². The van der Waals surface area contributed by atoms with Gasteiger partial charge in [-0.2, -0.15) is 10.2 Å². The summed E-state index contributed by atoms with van der Waals surface area (Å²) >= 11 is -1.35. The van der Waals surface area contributed by atoms with Gasteiger partial charge in [0.2, 0.25) is 0 Å². The first-order chi connectivity index (χ1) is 10.6. The number of aromatic nitrogens is 2. The van der Waals surface area contributed by atoms with Gasteiger partial charge in [0, 0.05) is 23.8 Å². The molecule has 3 rings (SSSR count). The van der Waals surface area contributed by atoms with Crippen molar-refractivity contribution in [2.75, 3.05) is 0 Å². The molecule has 0 aliphatic rings. The summed E-state index contributed by atoms with van der Waals surface area (Å²) < 4.78 is 27.5. The second-order valence-corrected chi connectivity index (χ2v) is 6.23. The van der Waals surface area contributed by atoms with Gasteiger partial charge in [0.05, 0.1) is 22.7 Å². The van der Waals surface area contributed by atoms with Crippen molar-refractivity contribution < 1.29 is 8.94 Å². The predicted molar refractivity (Wildman–Crippen MR) is 81.9 cm³/mol. The van der Waals surface area contributed by atoms with Gasteiger partial charge < -0.3 is 4.55 Å². The molecule has 1 aromatic heterocycles. The standard InChI is InChI=1S/C16H12FN3OS/c1-20-15-8-13(17)6-7-14(15)19-16(20)22(21)10-12-4-2-11(9-18)3-5-12/h2-8H,10H2,1H3. The summed E-state index contributed by atoms with van der Waals surface area (Å²) in [5.74, 6) is -0.0503. The zero-order valence-electron chi connectivity index (χ0n) is 11.8. The molecule has 0 spiro atoms. The highest BCUT2D eigenvalue weighted by Crippen LogP contribution is 2.22. The van der Waals surface area contributed by atoms with Gasteiger partial charge >= 0.3 is 5.16 Å². The van der Waals surface area contributed by atoms with Crippen molar-refractivity contribution in [3.63, 3.8) is 0 Å². The van der Waals surface area contributed by atoms with Crippen molar-refractivity contribution >= 4 is 22.2 Å². The van der Waals surface area contributed by atoms with Gasteiger partial charge in [-0.25, -0.2) is 4.39 Å². The molecule has 1 atom stereocenters. The Morgan fingerprint density at radius 3 is 2.68 bits per heavy atom. The van der Waals surface area contributed by atoms with Crippen LogP contribution in [0, 0.1) is 17.1 Å². The highest BCUT2D eigenvalue weighted by Gasteiger charge is 2.20. The summed E-state index contributed by atoms with van der Waals surface area (Å²) in [6.07, 6.45) is 0. The number of rotatable bonds is 3. The van der Waals surface area contributed by atoms with Crippen molar-refractivity contribution in [1.29, 1.82) is 5.26 Å². The van der Waals surface area contributed by atoms with E-state index in [0.29, 0.717) is 27.5 Å². The molecule has 0 N–H and O–H groups in total. The zero-order valence-corrected chi connectivity index (χ0v) is 12.6. The van der Waals surface area contributed by atoms with Crippen molar-refractivity contribution in [2.45, 2.75) is 10.9 Å². The van der Waals surface area contributed by atoms with Crippen LogP contribution in [0.1, 0.15) is 11.1 Å². The summed E-state index contributed by atoms with van der Waals surface area (Å²) in [7, 11) is 1.72. The molecule has 0 saturated heterocycles. The minimum atomic E-state index is -1.35. The Labute approximate surface area is 130 Å². The molecule has 1 heterocycles. The number of hydrogen-bond acceptors (Lipinski definition) is 3. The van der Waals surface area contributed by atoms with Crippen LogP contribution in [0.2, 0.25) is 0 Å². The molecule has 0 radical (unpaired) electrons. The molecule has 3 aromatic rings. The molecular weight excluding hydrogens is 301 g/mol. The zero-order chi connectivity index (χ0) is 15.7. The van der Waals surface area contributed by atoms with E-state index < -0.39 is 11.2 Å². The fourth-order valence-electron chi connectivity index (χ4n) is 2.24. The Balaban J connectivity index is 1.89. The maximum Gasteiger partial charge on any atom is 0.324 e. The first-order valence-electron chi connectivity index (χ1n) is 6.58. The molecule has 0 aliphatic carbocycles. The molecule has 4 nitrogen and oxygen atoms in total. The molecule has 6 heteroatoms. The lowest BCUT2D eigenvalue weighted by Crippen LogP contribution is -2.11. The molecule has 22 heavy (non-hydrogen) atoms. The Morgan fingerprint density at radius 2 is 2.00 bits per heavy atom. The maximum absolute atomic E-state index is 13.3. The van der Waals surface area contributed by atoms with Crippen LogP contribution in [0.15, 0.2) is 47.6 Å². The van der Waals surface area contributed by atoms with E-state index in [0.717, 1.165) is 5.56 Å². The van der Waals surface area contributed by atoms with Crippen LogP contribution in [-0.4, -0.2) is 14.1 Å². The van der Waals surface area contributed by atoms with Gasteiger partial charge in [-0.15, -0.1) is 0 Å². The smallest absolute Gasteiger partial charge is 0.324 e. The Kier molecular flexibility index (Phi) is 3.84. The molecule has 0 aliphatic heterocycles. The van der Waals surface area contributed by atoms with Crippen molar-refractivity contribution in [3.05, 3.63) is 59.4 Å². The molecule has 0 fully saturated rings. The van der Waals surface area contributed by atoms with Crippen molar-refractivity contribution in [3.8, 4) is 6.07 Å². The van der Waals surface area contributed by atoms with Crippen molar-refractivity contribution in [2.24, 2.45) is 7.05 Å². The highest BCUT2D eigenvalue weighted by atomic mass is 32.2. The van der Waals surface area contributed by atoms with Gasteiger partial charge in [-0.05, 0) is 30.3 Å². The lowest BCUT2D eigenvalue weighted by Gasteiger charge is -2.09. The first kappa shape index (κ1) is 14.6. The van der Waals surface area contributed by atoms with E-state index in [4.69, 9.17) is 5.26 Å². The van der Waals surface area contributed by atoms with Gasteiger partial charge in [0.15, 0.2) is 0 Å². The third-order valence-electron chi connectivity index (χ3n) is 3.39. The normalized spacial score (nSPS) is 12.3. The number of nitrogens with zero attached hydrogens (tertiary/aromatic N) is 3. The average Bonchev–Trinajstić information content (AvgIpc) is 2.85. The number of halogens is 1. The van der Waals surface area contributed by atoms with Gasteiger partial charge in [-0.3, -0.25) is 4.57 Å². The van der Waals surface area contributed by atoms with E-state index in [1.54, 1.807) is 41.9 Å². The van der Waals surface area contributed by atoms with Crippen molar-refractivity contribution in [1.82, 2.24) is 9.55 Å². The fourth-order valence-corrected chi connectivity index (χ4v) is 3.46. The highest BCUT2D eigenvalue weighted by molar-refractivity contribution is 7.90. The van der Waals surface area contributed by atoms with E-state index in [9.17, 15) is 8.94 Å². The van der Waals surface area contributed by atoms with E-state index in [1.807, 2.05) is 6.07 Å². The number of nitriles is 1. The monoisotopic (exact) mass is 313 g/mol. The topological polar surface area (TPSA) is 64.7 Å². The van der Waals surface area contributed by atoms with Crippen LogP contribution in [-0.2, 0) is 24.0 Å². The van der Waals surface area contributed by atoms with Gasteiger partial charge in [-0.1, -0.05) is 12.1 Å². The van der Waals surface area contributed by atoms with E-state index in [2.05, 4.69) is 4.98 Å². The molecule has 110 valence electrons. The quantitative estimate of drug-likeness (QED) is 0.698. The summed E-state index contributed by atoms with van der Waals surface area (Å²) in [5.41, 5.74) is 2.65. The van der Waals surface area contributed by atoms with Gasteiger partial charge in [0.1, 0.15) is 11.6 Å². The number of imidazole rings is 1. The lowest BCUT2D eigenvalue weighted by atomic mass is 10.2. The van der Waals surface area contributed by atoms with E-state index in [-0.39, 0.29) is 5.82 Å². The predicted octanol–water partition coefficient (Wildman–Crippen LogP) is 2.89. The van der Waals surface area contributed by atoms with Gasteiger partial charge in [0.25, 0.3) is 0 Å². The summed E-state index contributed by atoms with van der Waals surface area (Å²) in [5, 5.41) is 9.18. The third-order valence-corrected chi connectivity index (χ3v) is 4.75. The van der Waals surface area contributed by atoms with Crippen LogP contribution >= 0.6 is 0 Å². The Hall–Kier alpha value is -2.36. The average molecular weight is 313 g/mol. The molecule has 0 amide bonds. The maximum atomic E-state index is 13.3. The largest absolute Gasteiger partial charge is 0.609 e. The van der Waals surface area contributed by atoms with E-state index in [1.165, 1.54) is 12.1 Å². The van der Waals surface area contributed by atoms with Crippen LogP contribution < -0.4 is 0 Å². The third kappa shape index (κ3) is 2.69. The van der Waals surface area contributed by atoms with Crippen LogP contribution in [0.4, 0.5) is 4.39 Å². The Bertz CT molecular complexity index is 867. The number of hydrogen-bond donors (Lipinski definition) is 0. The summed E-state index contributed by atoms with van der Waals surface area (Å²) in [4.78, 5) is 4.33. The number of benzene rings is 2. The minimum Gasteiger partial charge on any atom is -0.609 e. The second-order valence-electron chi connectivity index (χ2n) is 4.89. The van der Waals surface area contributed by atoms with E-state index >= 15 is 0 Å².